The largest absolute Gasteiger partial charge is 0.340 e. The van der Waals surface area contributed by atoms with Crippen LogP contribution in [0.3, 0.4) is 0 Å². The minimum Gasteiger partial charge on any atom is -0.340 e. The van der Waals surface area contributed by atoms with E-state index in [-0.39, 0.29) is 10.8 Å². The zero-order valence-corrected chi connectivity index (χ0v) is 13.1. The highest BCUT2D eigenvalue weighted by molar-refractivity contribution is 9.10. The van der Waals surface area contributed by atoms with Crippen LogP contribution in [0.2, 0.25) is 5.15 Å². The number of aromatic nitrogens is 1. The fourth-order valence-corrected chi connectivity index (χ4v) is 2.78. The number of rotatable bonds is 3. The summed E-state index contributed by atoms with van der Waals surface area (Å²) < 4.78 is 0.975. The number of hydrogen-bond acceptors (Lipinski definition) is 4. The van der Waals surface area contributed by atoms with Gasteiger partial charge in [0.1, 0.15) is 11.0 Å². The first-order chi connectivity index (χ1) is 9.36. The van der Waals surface area contributed by atoms with Gasteiger partial charge in [0.25, 0.3) is 5.69 Å². The van der Waals surface area contributed by atoms with Gasteiger partial charge in [0.05, 0.1) is 17.1 Å². The van der Waals surface area contributed by atoms with E-state index in [4.69, 9.17) is 11.6 Å². The number of aryl methyl sites for hydroxylation is 2. The van der Waals surface area contributed by atoms with Crippen LogP contribution in [-0.4, -0.2) is 9.91 Å². The van der Waals surface area contributed by atoms with Crippen molar-refractivity contribution in [3.05, 3.63) is 55.1 Å². The maximum absolute atomic E-state index is 10.8. The molecule has 1 aromatic carbocycles. The van der Waals surface area contributed by atoms with Crippen molar-refractivity contribution in [1.29, 1.82) is 0 Å². The molecule has 0 saturated carbocycles. The third-order valence-corrected chi connectivity index (χ3v) is 3.39. The fourth-order valence-electron chi connectivity index (χ4n) is 1.89. The van der Waals surface area contributed by atoms with Crippen LogP contribution in [0.1, 0.15) is 11.1 Å². The quantitative estimate of drug-likeness (QED) is 0.489. The molecule has 2 aromatic rings. The lowest BCUT2D eigenvalue weighted by Crippen LogP contribution is -2.00. The molecule has 0 unspecified atom stereocenters. The van der Waals surface area contributed by atoms with E-state index in [2.05, 4.69) is 26.2 Å². The Morgan fingerprint density at radius 1 is 1.25 bits per heavy atom. The van der Waals surface area contributed by atoms with Gasteiger partial charge in [-0.2, -0.15) is 0 Å². The molecule has 104 valence electrons. The van der Waals surface area contributed by atoms with Crippen LogP contribution in [-0.2, 0) is 0 Å². The van der Waals surface area contributed by atoms with Crippen molar-refractivity contribution < 1.29 is 4.92 Å². The summed E-state index contributed by atoms with van der Waals surface area (Å²) in [6.45, 7) is 3.89. The van der Waals surface area contributed by atoms with E-state index < -0.39 is 4.92 Å². The lowest BCUT2D eigenvalue weighted by molar-refractivity contribution is -0.384. The molecule has 5 nitrogen and oxygen atoms in total. The summed E-state index contributed by atoms with van der Waals surface area (Å²) in [6, 6.07) is 6.48. The Hall–Kier alpha value is -1.66. The molecule has 7 heteroatoms. The summed E-state index contributed by atoms with van der Waals surface area (Å²) in [7, 11) is 0. The number of nitrogens with one attached hydrogen (secondary N) is 1. The van der Waals surface area contributed by atoms with Gasteiger partial charge in [-0.05, 0) is 37.1 Å². The van der Waals surface area contributed by atoms with Crippen molar-refractivity contribution in [2.24, 2.45) is 0 Å². The number of anilines is 2. The van der Waals surface area contributed by atoms with Gasteiger partial charge in [-0.3, -0.25) is 10.1 Å². The second-order valence-electron chi connectivity index (χ2n) is 4.33. The lowest BCUT2D eigenvalue weighted by atomic mass is 10.1. The van der Waals surface area contributed by atoms with Crippen molar-refractivity contribution in [3.8, 4) is 0 Å². The molecule has 0 atom stereocenters. The number of benzene rings is 1. The van der Waals surface area contributed by atoms with E-state index in [1.807, 2.05) is 26.0 Å². The number of halogens is 2. The van der Waals surface area contributed by atoms with Gasteiger partial charge in [-0.15, -0.1) is 0 Å². The zero-order valence-electron chi connectivity index (χ0n) is 10.8. The van der Waals surface area contributed by atoms with Crippen LogP contribution in [0.25, 0.3) is 0 Å². The number of nitro groups is 1. The smallest absolute Gasteiger partial charge is 0.276 e. The Bertz CT molecular complexity index is 668. The summed E-state index contributed by atoms with van der Waals surface area (Å²) >= 11 is 9.22. The Morgan fingerprint density at radius 2 is 1.85 bits per heavy atom. The molecule has 0 aliphatic carbocycles. The summed E-state index contributed by atoms with van der Waals surface area (Å²) in [5.74, 6) is 0.345. The molecule has 1 heterocycles. The molecule has 0 amide bonds. The molecule has 1 aromatic heterocycles. The fraction of sp³-hybridized carbons (Fsp3) is 0.154. The van der Waals surface area contributed by atoms with E-state index in [1.54, 1.807) is 0 Å². The van der Waals surface area contributed by atoms with Gasteiger partial charge in [0.2, 0.25) is 0 Å². The first kappa shape index (κ1) is 14.7. The lowest BCUT2D eigenvalue weighted by Gasteiger charge is -2.13. The minimum absolute atomic E-state index is 0.0779. The van der Waals surface area contributed by atoms with E-state index in [0.29, 0.717) is 5.82 Å². The average Bonchev–Trinajstić information content (AvgIpc) is 2.33. The molecule has 2 rings (SSSR count). The Balaban J connectivity index is 2.42. The Labute approximate surface area is 129 Å². The van der Waals surface area contributed by atoms with Gasteiger partial charge in [0.15, 0.2) is 0 Å². The van der Waals surface area contributed by atoms with Crippen LogP contribution in [0.4, 0.5) is 17.2 Å². The van der Waals surface area contributed by atoms with Gasteiger partial charge in [0, 0.05) is 10.2 Å². The van der Waals surface area contributed by atoms with Crippen LogP contribution in [0.15, 0.2) is 28.7 Å². The number of nitrogens with zero attached hydrogens (tertiary/aromatic N) is 2. The molecule has 20 heavy (non-hydrogen) atoms. The van der Waals surface area contributed by atoms with E-state index >= 15 is 0 Å². The molecule has 0 fully saturated rings. The maximum Gasteiger partial charge on any atom is 0.276 e. The molecule has 0 radical (unpaired) electrons. The average molecular weight is 357 g/mol. The molecule has 0 aliphatic heterocycles. The highest BCUT2D eigenvalue weighted by Crippen LogP contribution is 2.29. The van der Waals surface area contributed by atoms with Crippen molar-refractivity contribution in [2.45, 2.75) is 13.8 Å². The molecular formula is C13H11BrClN3O2. The topological polar surface area (TPSA) is 68.1 Å². The first-order valence-corrected chi connectivity index (χ1v) is 6.89. The molecular weight excluding hydrogens is 346 g/mol. The summed E-state index contributed by atoms with van der Waals surface area (Å²) in [4.78, 5) is 14.4. The predicted molar refractivity (Wildman–Crippen MR) is 82.8 cm³/mol. The van der Waals surface area contributed by atoms with Gasteiger partial charge in [-0.25, -0.2) is 4.98 Å². The summed E-state index contributed by atoms with van der Waals surface area (Å²) in [6.07, 6.45) is 0. The SMILES string of the molecule is Cc1cc(Br)cc(C)c1Nc1cc([N+](=O)[O-])cc(Cl)n1. The Kier molecular flexibility index (Phi) is 4.25. The second kappa shape index (κ2) is 5.76. The highest BCUT2D eigenvalue weighted by Gasteiger charge is 2.12. The van der Waals surface area contributed by atoms with Gasteiger partial charge < -0.3 is 5.32 Å². The maximum atomic E-state index is 10.8. The third kappa shape index (κ3) is 3.26. The number of pyridine rings is 1. The number of hydrogen-bond donors (Lipinski definition) is 1. The molecule has 0 saturated heterocycles. The standard InChI is InChI=1S/C13H11BrClN3O2/c1-7-3-9(14)4-8(2)13(7)17-12-6-10(18(19)20)5-11(15)16-12/h3-6H,1-2H3,(H,16,17). The summed E-state index contributed by atoms with van der Waals surface area (Å²) in [5, 5.41) is 14.0. The van der Waals surface area contributed by atoms with Crippen LogP contribution < -0.4 is 5.32 Å². The predicted octanol–water partition coefficient (Wildman–Crippen LogP) is 4.77. The second-order valence-corrected chi connectivity index (χ2v) is 5.63. The van der Waals surface area contributed by atoms with Crippen molar-refractivity contribution in [2.75, 3.05) is 5.32 Å². The van der Waals surface area contributed by atoms with Crippen molar-refractivity contribution in [1.82, 2.24) is 4.98 Å². The third-order valence-electron chi connectivity index (χ3n) is 2.74. The molecule has 0 spiro atoms. The van der Waals surface area contributed by atoms with E-state index in [1.165, 1.54) is 12.1 Å². The van der Waals surface area contributed by atoms with E-state index in [0.717, 1.165) is 21.3 Å². The molecule has 1 N–H and O–H groups in total. The summed E-state index contributed by atoms with van der Waals surface area (Å²) in [5.41, 5.74) is 2.76. The van der Waals surface area contributed by atoms with Gasteiger partial charge in [-0.1, -0.05) is 27.5 Å². The zero-order chi connectivity index (χ0) is 14.9. The minimum atomic E-state index is -0.500. The first-order valence-electron chi connectivity index (χ1n) is 5.72. The van der Waals surface area contributed by atoms with Crippen LogP contribution >= 0.6 is 27.5 Å². The monoisotopic (exact) mass is 355 g/mol. The van der Waals surface area contributed by atoms with Crippen LogP contribution in [0.5, 0.6) is 0 Å². The van der Waals surface area contributed by atoms with Gasteiger partial charge >= 0.3 is 0 Å². The Morgan fingerprint density at radius 3 is 2.40 bits per heavy atom. The molecule has 0 aliphatic rings. The van der Waals surface area contributed by atoms with Crippen LogP contribution in [0, 0.1) is 24.0 Å². The van der Waals surface area contributed by atoms with Crippen molar-refractivity contribution in [3.63, 3.8) is 0 Å². The van der Waals surface area contributed by atoms with Crippen molar-refractivity contribution >= 4 is 44.7 Å². The highest BCUT2D eigenvalue weighted by atomic mass is 79.9. The van der Waals surface area contributed by atoms with E-state index in [9.17, 15) is 10.1 Å². The molecule has 0 bridgehead atoms. The normalized spacial score (nSPS) is 10.4.